The van der Waals surface area contributed by atoms with Gasteiger partial charge in [0.15, 0.2) is 0 Å². The van der Waals surface area contributed by atoms with Gasteiger partial charge in [-0.25, -0.2) is 14.8 Å². The molecule has 0 amide bonds. The average molecular weight is 265 g/mol. The third kappa shape index (κ3) is 3.20. The van der Waals surface area contributed by atoms with Crippen LogP contribution in [-0.2, 0) is 4.74 Å². The van der Waals surface area contributed by atoms with E-state index in [2.05, 4.69) is 15.3 Å². The van der Waals surface area contributed by atoms with E-state index < -0.39 is 11.6 Å². The summed E-state index contributed by atoms with van der Waals surface area (Å²) in [5.41, 5.74) is 0.308. The van der Waals surface area contributed by atoms with Gasteiger partial charge in [0.2, 0.25) is 5.95 Å². The monoisotopic (exact) mass is 265 g/mol. The van der Waals surface area contributed by atoms with Crippen molar-refractivity contribution in [2.45, 2.75) is 38.7 Å². The van der Waals surface area contributed by atoms with E-state index in [1.54, 1.807) is 13.8 Å². The number of anilines is 1. The van der Waals surface area contributed by atoms with Crippen molar-refractivity contribution in [1.82, 2.24) is 9.97 Å². The van der Waals surface area contributed by atoms with Crippen molar-refractivity contribution < 1.29 is 14.6 Å². The first-order valence-electron chi connectivity index (χ1n) is 6.51. The highest BCUT2D eigenvalue weighted by Crippen LogP contribution is 2.31. The molecule has 1 saturated carbocycles. The Morgan fingerprint density at radius 1 is 1.58 bits per heavy atom. The van der Waals surface area contributed by atoms with Crippen LogP contribution in [0.1, 0.15) is 42.2 Å². The minimum Gasteiger partial charge on any atom is -0.462 e. The minimum absolute atomic E-state index is 0.325. The molecular weight excluding hydrogens is 246 g/mol. The van der Waals surface area contributed by atoms with E-state index in [9.17, 15) is 9.90 Å². The first-order chi connectivity index (χ1) is 9.04. The summed E-state index contributed by atoms with van der Waals surface area (Å²) in [7, 11) is 0. The van der Waals surface area contributed by atoms with Crippen molar-refractivity contribution in [1.29, 1.82) is 0 Å². The molecule has 0 radical (unpaired) electrons. The van der Waals surface area contributed by atoms with Gasteiger partial charge >= 0.3 is 5.97 Å². The van der Waals surface area contributed by atoms with E-state index in [1.807, 2.05) is 0 Å². The van der Waals surface area contributed by atoms with E-state index >= 15 is 0 Å². The first kappa shape index (κ1) is 13.7. The van der Waals surface area contributed by atoms with E-state index in [-0.39, 0.29) is 0 Å². The lowest BCUT2D eigenvalue weighted by Crippen LogP contribution is -2.43. The number of aromatic nitrogens is 2. The zero-order chi connectivity index (χ0) is 13.9. The molecule has 1 aliphatic rings. The Morgan fingerprint density at radius 2 is 2.32 bits per heavy atom. The molecule has 104 valence electrons. The number of rotatable bonds is 5. The molecule has 6 nitrogen and oxygen atoms in total. The van der Waals surface area contributed by atoms with Crippen LogP contribution in [0.3, 0.4) is 0 Å². The number of hydrogen-bond acceptors (Lipinski definition) is 6. The summed E-state index contributed by atoms with van der Waals surface area (Å²) in [5.74, 6) is 0.00930. The van der Waals surface area contributed by atoms with Gasteiger partial charge in [-0.2, -0.15) is 0 Å². The smallest absolute Gasteiger partial charge is 0.341 e. The Kier molecular flexibility index (Phi) is 3.99. The molecule has 0 unspecified atom stereocenters. The van der Waals surface area contributed by atoms with Crippen molar-refractivity contribution in [3.63, 3.8) is 0 Å². The van der Waals surface area contributed by atoms with Crippen LogP contribution in [0.5, 0.6) is 0 Å². The highest BCUT2D eigenvalue weighted by atomic mass is 16.5. The molecule has 19 heavy (non-hydrogen) atoms. The summed E-state index contributed by atoms with van der Waals surface area (Å²) in [5, 5.41) is 13.0. The minimum atomic E-state index is -0.628. The molecule has 1 aromatic rings. The molecular formula is C13H19N3O3. The van der Waals surface area contributed by atoms with Crippen LogP contribution in [-0.4, -0.2) is 39.8 Å². The number of esters is 1. The third-order valence-corrected chi connectivity index (χ3v) is 3.33. The van der Waals surface area contributed by atoms with E-state index in [1.165, 1.54) is 6.20 Å². The predicted molar refractivity (Wildman–Crippen MR) is 70.0 cm³/mol. The topological polar surface area (TPSA) is 84.3 Å². The molecule has 0 saturated heterocycles. The summed E-state index contributed by atoms with van der Waals surface area (Å²) in [6.45, 7) is 4.25. The average Bonchev–Trinajstić information content (AvgIpc) is 2.34. The molecule has 1 fully saturated rings. The molecule has 6 heteroatoms. The Balaban J connectivity index is 2.00. The predicted octanol–water partition coefficient (Wildman–Crippen LogP) is 1.29. The maximum atomic E-state index is 11.6. The maximum absolute atomic E-state index is 11.6. The van der Waals surface area contributed by atoms with Gasteiger partial charge in [-0.1, -0.05) is 0 Å². The maximum Gasteiger partial charge on any atom is 0.341 e. The number of carbonyl (C=O) groups excluding carboxylic acids is 1. The van der Waals surface area contributed by atoms with Gasteiger partial charge in [-0.3, -0.25) is 0 Å². The molecule has 0 atom stereocenters. The lowest BCUT2D eigenvalue weighted by molar-refractivity contribution is -0.0203. The molecule has 0 aliphatic heterocycles. The van der Waals surface area contributed by atoms with Crippen molar-refractivity contribution in [3.8, 4) is 0 Å². The summed E-state index contributed by atoms with van der Waals surface area (Å²) in [6.07, 6.45) is 4.12. The second kappa shape index (κ2) is 5.52. The zero-order valence-electron chi connectivity index (χ0n) is 11.3. The van der Waals surface area contributed by atoms with Crippen molar-refractivity contribution in [2.24, 2.45) is 0 Å². The Bertz CT molecular complexity index is 472. The quantitative estimate of drug-likeness (QED) is 0.780. The number of aliphatic hydroxyl groups is 1. The highest BCUT2D eigenvalue weighted by molar-refractivity contribution is 5.90. The molecule has 1 aromatic heterocycles. The van der Waals surface area contributed by atoms with Crippen molar-refractivity contribution in [2.75, 3.05) is 18.5 Å². The van der Waals surface area contributed by atoms with Crippen LogP contribution in [0, 0.1) is 6.92 Å². The van der Waals surface area contributed by atoms with Crippen LogP contribution in [0.25, 0.3) is 0 Å². The van der Waals surface area contributed by atoms with Crippen LogP contribution in [0.4, 0.5) is 5.95 Å². The Hall–Kier alpha value is -1.69. The largest absolute Gasteiger partial charge is 0.462 e. The van der Waals surface area contributed by atoms with E-state index in [0.717, 1.165) is 19.3 Å². The number of nitrogens with zero attached hydrogens (tertiary/aromatic N) is 2. The molecule has 2 N–H and O–H groups in total. The number of hydrogen-bond donors (Lipinski definition) is 2. The van der Waals surface area contributed by atoms with Gasteiger partial charge in [0, 0.05) is 12.7 Å². The van der Waals surface area contributed by atoms with E-state index in [4.69, 9.17) is 4.74 Å². The zero-order valence-corrected chi connectivity index (χ0v) is 11.3. The SMILES string of the molecule is CCOC(=O)c1cnc(NCC2(O)CCC2)nc1C. The van der Waals surface area contributed by atoms with E-state index in [0.29, 0.717) is 30.4 Å². The van der Waals surface area contributed by atoms with Gasteiger partial charge in [0.05, 0.1) is 23.5 Å². The second-order valence-corrected chi connectivity index (χ2v) is 4.84. The third-order valence-electron chi connectivity index (χ3n) is 3.33. The van der Waals surface area contributed by atoms with Crippen LogP contribution in [0.15, 0.2) is 6.20 Å². The van der Waals surface area contributed by atoms with Gasteiger partial charge in [-0.05, 0) is 33.1 Å². The first-order valence-corrected chi connectivity index (χ1v) is 6.51. The summed E-state index contributed by atoms with van der Waals surface area (Å²) in [4.78, 5) is 19.9. The fourth-order valence-corrected chi connectivity index (χ4v) is 1.97. The number of ether oxygens (including phenoxy) is 1. The normalized spacial score (nSPS) is 16.6. The summed E-state index contributed by atoms with van der Waals surface area (Å²) < 4.78 is 4.91. The fourth-order valence-electron chi connectivity index (χ4n) is 1.97. The molecule has 1 aliphatic carbocycles. The number of nitrogens with one attached hydrogen (secondary N) is 1. The van der Waals surface area contributed by atoms with Crippen LogP contribution < -0.4 is 5.32 Å². The standard InChI is InChI=1S/C13H19N3O3/c1-3-19-11(17)10-7-14-12(16-9(10)2)15-8-13(18)5-4-6-13/h7,18H,3-6,8H2,1-2H3,(H,14,15,16). The van der Waals surface area contributed by atoms with Gasteiger partial charge in [0.25, 0.3) is 0 Å². The fraction of sp³-hybridized carbons (Fsp3) is 0.615. The highest BCUT2D eigenvalue weighted by Gasteiger charge is 2.34. The molecule has 2 rings (SSSR count). The summed E-state index contributed by atoms with van der Waals surface area (Å²) >= 11 is 0. The van der Waals surface area contributed by atoms with Crippen molar-refractivity contribution in [3.05, 3.63) is 17.5 Å². The van der Waals surface area contributed by atoms with Gasteiger partial charge < -0.3 is 15.2 Å². The molecule has 0 bridgehead atoms. The van der Waals surface area contributed by atoms with Crippen LogP contribution in [0.2, 0.25) is 0 Å². The summed E-state index contributed by atoms with van der Waals surface area (Å²) in [6, 6.07) is 0. The Labute approximate surface area is 112 Å². The number of carbonyl (C=O) groups is 1. The lowest BCUT2D eigenvalue weighted by atomic mass is 9.80. The lowest BCUT2D eigenvalue weighted by Gasteiger charge is -2.36. The van der Waals surface area contributed by atoms with Gasteiger partial charge in [0.1, 0.15) is 0 Å². The molecule has 0 aromatic carbocycles. The van der Waals surface area contributed by atoms with Crippen molar-refractivity contribution >= 4 is 11.9 Å². The second-order valence-electron chi connectivity index (χ2n) is 4.84. The Morgan fingerprint density at radius 3 is 2.84 bits per heavy atom. The van der Waals surface area contributed by atoms with Gasteiger partial charge in [-0.15, -0.1) is 0 Å². The number of aryl methyl sites for hydroxylation is 1. The molecule has 1 heterocycles. The van der Waals surface area contributed by atoms with Crippen LogP contribution >= 0.6 is 0 Å². The molecule has 0 spiro atoms.